The predicted molar refractivity (Wildman–Crippen MR) is 108 cm³/mol. The Kier molecular flexibility index (Phi) is 7.31. The third-order valence-electron chi connectivity index (χ3n) is 4.21. The van der Waals surface area contributed by atoms with Crippen LogP contribution in [-0.2, 0) is 16.1 Å². The summed E-state index contributed by atoms with van der Waals surface area (Å²) in [6.45, 7) is 11.1. The number of hydrogen-bond acceptors (Lipinski definition) is 5. The van der Waals surface area contributed by atoms with Gasteiger partial charge in [-0.15, -0.1) is 0 Å². The molecule has 1 aromatic heterocycles. The van der Waals surface area contributed by atoms with Crippen LogP contribution in [0.1, 0.15) is 45.1 Å². The molecule has 0 aliphatic carbocycles. The molecule has 1 aromatic carbocycles. The summed E-state index contributed by atoms with van der Waals surface area (Å²) in [5, 5.41) is 4.97. The molecule has 7 nitrogen and oxygen atoms in total. The van der Waals surface area contributed by atoms with E-state index in [1.54, 1.807) is 36.1 Å². The van der Waals surface area contributed by atoms with E-state index in [2.05, 4.69) is 5.10 Å². The van der Waals surface area contributed by atoms with Crippen molar-refractivity contribution in [2.45, 2.75) is 41.2 Å². The number of fused-ring (bicyclic) bond motifs is 1. The van der Waals surface area contributed by atoms with Crippen molar-refractivity contribution >= 4 is 22.6 Å². The lowest BCUT2D eigenvalue weighted by molar-refractivity contribution is -0.135. The Morgan fingerprint density at radius 1 is 1.07 bits per heavy atom. The number of esters is 1. The maximum Gasteiger partial charge on any atom is 0.359 e. The molecule has 1 amide bonds. The average molecular weight is 387 g/mol. The van der Waals surface area contributed by atoms with Gasteiger partial charge in [0.25, 0.3) is 11.5 Å². The van der Waals surface area contributed by atoms with Crippen molar-refractivity contribution in [2.75, 3.05) is 19.7 Å². The number of hydrogen-bond donors (Lipinski definition) is 0. The molecule has 0 saturated heterocycles. The van der Waals surface area contributed by atoms with Crippen LogP contribution in [0.4, 0.5) is 0 Å². The van der Waals surface area contributed by atoms with Crippen molar-refractivity contribution < 1.29 is 14.3 Å². The summed E-state index contributed by atoms with van der Waals surface area (Å²) in [7, 11) is 0. The van der Waals surface area contributed by atoms with Crippen molar-refractivity contribution in [2.24, 2.45) is 11.8 Å². The predicted octanol–water partition coefficient (Wildman–Crippen LogP) is 2.71. The second-order valence-corrected chi connectivity index (χ2v) is 7.68. The highest BCUT2D eigenvalue weighted by atomic mass is 16.5. The van der Waals surface area contributed by atoms with Gasteiger partial charge < -0.3 is 9.64 Å². The van der Waals surface area contributed by atoms with Crippen LogP contribution >= 0.6 is 0 Å². The number of benzene rings is 1. The molecule has 152 valence electrons. The van der Waals surface area contributed by atoms with Crippen molar-refractivity contribution in [3.05, 3.63) is 40.3 Å². The van der Waals surface area contributed by atoms with Gasteiger partial charge in [-0.05, 0) is 24.8 Å². The lowest BCUT2D eigenvalue weighted by Gasteiger charge is -2.26. The third kappa shape index (κ3) is 5.18. The molecule has 0 unspecified atom stereocenters. The molecule has 7 heteroatoms. The van der Waals surface area contributed by atoms with E-state index in [0.717, 1.165) is 0 Å². The molecule has 28 heavy (non-hydrogen) atoms. The molecule has 2 aromatic rings. The summed E-state index contributed by atoms with van der Waals surface area (Å²) >= 11 is 0. The Labute approximate surface area is 165 Å². The molecular weight excluding hydrogens is 358 g/mol. The number of aryl methyl sites for hydroxylation is 1. The van der Waals surface area contributed by atoms with Crippen molar-refractivity contribution in [1.29, 1.82) is 0 Å². The molecule has 0 fully saturated rings. The van der Waals surface area contributed by atoms with Gasteiger partial charge in [-0.25, -0.2) is 9.48 Å². The average Bonchev–Trinajstić information content (AvgIpc) is 2.65. The van der Waals surface area contributed by atoms with Crippen LogP contribution in [0.2, 0.25) is 0 Å². The summed E-state index contributed by atoms with van der Waals surface area (Å²) in [4.78, 5) is 39.3. The summed E-state index contributed by atoms with van der Waals surface area (Å²) in [6.07, 6.45) is 0. The van der Waals surface area contributed by atoms with Crippen LogP contribution in [0, 0.1) is 11.8 Å². The topological polar surface area (TPSA) is 81.5 Å². The van der Waals surface area contributed by atoms with Gasteiger partial charge in [0, 0.05) is 25.0 Å². The first kappa shape index (κ1) is 21.6. The van der Waals surface area contributed by atoms with Gasteiger partial charge in [0.1, 0.15) is 0 Å². The number of amides is 1. The standard InChI is InChI=1S/C21H29N3O4/c1-6-24-20(26)17-10-8-7-9-16(17)19(22-24)21(27)28-13-18(25)23(11-14(2)3)12-15(4)5/h7-10,14-15H,6,11-13H2,1-5H3. The minimum atomic E-state index is -0.708. The van der Waals surface area contributed by atoms with Crippen molar-refractivity contribution in [1.82, 2.24) is 14.7 Å². The normalized spacial score (nSPS) is 11.2. The van der Waals surface area contributed by atoms with Gasteiger partial charge >= 0.3 is 5.97 Å². The number of nitrogens with zero attached hydrogens (tertiary/aromatic N) is 3. The fraction of sp³-hybridized carbons (Fsp3) is 0.524. The molecule has 1 heterocycles. The first-order chi connectivity index (χ1) is 13.2. The number of carbonyl (C=O) groups excluding carboxylic acids is 2. The fourth-order valence-corrected chi connectivity index (χ4v) is 3.05. The van der Waals surface area contributed by atoms with Crippen LogP contribution in [-0.4, -0.2) is 46.3 Å². The molecule has 0 aliphatic rings. The Bertz CT molecular complexity index is 892. The zero-order valence-corrected chi connectivity index (χ0v) is 17.3. The molecule has 0 radical (unpaired) electrons. The second-order valence-electron chi connectivity index (χ2n) is 7.68. The smallest absolute Gasteiger partial charge is 0.359 e. The van der Waals surface area contributed by atoms with Crippen LogP contribution < -0.4 is 5.56 Å². The Morgan fingerprint density at radius 2 is 1.64 bits per heavy atom. The van der Waals surface area contributed by atoms with Gasteiger partial charge in [0.05, 0.1) is 5.39 Å². The van der Waals surface area contributed by atoms with E-state index in [1.807, 2.05) is 27.7 Å². The van der Waals surface area contributed by atoms with Crippen LogP contribution in [0.25, 0.3) is 10.8 Å². The quantitative estimate of drug-likeness (QED) is 0.651. The molecule has 2 rings (SSSR count). The highest BCUT2D eigenvalue weighted by Crippen LogP contribution is 2.14. The van der Waals surface area contributed by atoms with Gasteiger partial charge in [-0.1, -0.05) is 45.9 Å². The summed E-state index contributed by atoms with van der Waals surface area (Å²) < 4.78 is 6.50. The lowest BCUT2D eigenvalue weighted by Crippen LogP contribution is -2.39. The lowest BCUT2D eigenvalue weighted by atomic mass is 10.1. The summed E-state index contributed by atoms with van der Waals surface area (Å²) in [5.41, 5.74) is -0.213. The summed E-state index contributed by atoms with van der Waals surface area (Å²) in [6, 6.07) is 6.78. The molecule has 0 spiro atoms. The molecule has 0 bridgehead atoms. The van der Waals surface area contributed by atoms with E-state index in [4.69, 9.17) is 4.74 Å². The van der Waals surface area contributed by atoms with E-state index in [1.165, 1.54) is 4.68 Å². The third-order valence-corrected chi connectivity index (χ3v) is 4.21. The Balaban J connectivity index is 2.22. The van der Waals surface area contributed by atoms with Gasteiger partial charge in [0.2, 0.25) is 0 Å². The number of carbonyl (C=O) groups is 2. The van der Waals surface area contributed by atoms with Gasteiger partial charge in [0.15, 0.2) is 12.3 Å². The van der Waals surface area contributed by atoms with E-state index in [-0.39, 0.29) is 23.8 Å². The second kappa shape index (κ2) is 9.48. The molecular formula is C21H29N3O4. The van der Waals surface area contributed by atoms with Crippen LogP contribution in [0.15, 0.2) is 29.1 Å². The minimum absolute atomic E-state index is 0.0455. The maximum atomic E-state index is 12.6. The SMILES string of the molecule is CCn1nc(C(=O)OCC(=O)N(CC(C)C)CC(C)C)c2ccccc2c1=O. The largest absolute Gasteiger partial charge is 0.451 e. The zero-order valence-electron chi connectivity index (χ0n) is 17.3. The first-order valence-electron chi connectivity index (χ1n) is 9.69. The monoisotopic (exact) mass is 387 g/mol. The van der Waals surface area contributed by atoms with E-state index in [0.29, 0.717) is 42.2 Å². The molecule has 0 N–H and O–H groups in total. The van der Waals surface area contributed by atoms with E-state index in [9.17, 15) is 14.4 Å². The van der Waals surface area contributed by atoms with Crippen LogP contribution in [0.5, 0.6) is 0 Å². The molecule has 0 atom stereocenters. The number of aromatic nitrogens is 2. The van der Waals surface area contributed by atoms with Gasteiger partial charge in [-0.2, -0.15) is 5.10 Å². The van der Waals surface area contributed by atoms with E-state index >= 15 is 0 Å². The minimum Gasteiger partial charge on any atom is -0.451 e. The molecule has 0 aliphatic heterocycles. The highest BCUT2D eigenvalue weighted by Gasteiger charge is 2.21. The first-order valence-corrected chi connectivity index (χ1v) is 9.69. The fourth-order valence-electron chi connectivity index (χ4n) is 3.05. The van der Waals surface area contributed by atoms with Crippen molar-refractivity contribution in [3.63, 3.8) is 0 Å². The Hall–Kier alpha value is -2.70. The van der Waals surface area contributed by atoms with Crippen LogP contribution in [0.3, 0.4) is 0 Å². The number of rotatable bonds is 8. The van der Waals surface area contributed by atoms with E-state index < -0.39 is 5.97 Å². The zero-order chi connectivity index (χ0) is 20.8. The molecule has 0 saturated carbocycles. The number of ether oxygens (including phenoxy) is 1. The highest BCUT2D eigenvalue weighted by molar-refractivity contribution is 6.02. The maximum absolute atomic E-state index is 12.6. The summed E-state index contributed by atoms with van der Waals surface area (Å²) in [5.74, 6) is -0.307. The Morgan fingerprint density at radius 3 is 2.18 bits per heavy atom. The van der Waals surface area contributed by atoms with Crippen molar-refractivity contribution in [3.8, 4) is 0 Å². The van der Waals surface area contributed by atoms with Gasteiger partial charge in [-0.3, -0.25) is 9.59 Å².